The van der Waals surface area contributed by atoms with Crippen molar-refractivity contribution in [2.45, 2.75) is 71.1 Å². The molecular formula is C38H44N4O5. The van der Waals surface area contributed by atoms with E-state index in [0.717, 1.165) is 45.0 Å². The molecular weight excluding hydrogens is 592 g/mol. The first-order valence-corrected chi connectivity index (χ1v) is 16.1. The molecule has 5 rings (SSSR count). The van der Waals surface area contributed by atoms with Gasteiger partial charge in [-0.3, -0.25) is 14.4 Å². The summed E-state index contributed by atoms with van der Waals surface area (Å²) in [5.41, 5.74) is 5.18. The van der Waals surface area contributed by atoms with Crippen molar-refractivity contribution in [1.29, 1.82) is 0 Å². The molecule has 0 unspecified atom stereocenters. The summed E-state index contributed by atoms with van der Waals surface area (Å²) in [6.45, 7) is 7.25. The Balaban J connectivity index is 1.33. The maximum absolute atomic E-state index is 14.2. The Morgan fingerprint density at radius 2 is 1.79 bits per heavy atom. The monoisotopic (exact) mass is 636 g/mol. The number of rotatable bonds is 13. The predicted octanol–water partition coefficient (Wildman–Crippen LogP) is 5.56. The number of aryl methyl sites for hydroxylation is 1. The second kappa shape index (κ2) is 15.1. The molecule has 0 bridgehead atoms. The van der Waals surface area contributed by atoms with Gasteiger partial charge in [0.2, 0.25) is 17.7 Å². The first kappa shape index (κ1) is 33.5. The summed E-state index contributed by atoms with van der Waals surface area (Å²) < 4.78 is 10.9. The highest BCUT2D eigenvalue weighted by Gasteiger charge is 2.33. The molecule has 1 aliphatic heterocycles. The number of likely N-dealkylation sites (N-methyl/N-ethyl adjacent to an activating group) is 1. The van der Waals surface area contributed by atoms with Gasteiger partial charge in [0.05, 0.1) is 32.9 Å². The summed E-state index contributed by atoms with van der Waals surface area (Å²) in [5, 5.41) is 9.29. The molecule has 0 radical (unpaired) electrons. The Bertz CT molecular complexity index is 1680. The van der Waals surface area contributed by atoms with Crippen molar-refractivity contribution in [3.05, 3.63) is 108 Å². The number of hydrogen-bond acceptors (Lipinski definition) is 6. The van der Waals surface area contributed by atoms with E-state index in [1.54, 1.807) is 18.3 Å². The van der Waals surface area contributed by atoms with E-state index in [2.05, 4.69) is 16.0 Å². The zero-order valence-corrected chi connectivity index (χ0v) is 27.6. The van der Waals surface area contributed by atoms with E-state index in [1.165, 1.54) is 0 Å². The molecule has 1 aromatic heterocycles. The van der Waals surface area contributed by atoms with Crippen molar-refractivity contribution in [3.63, 3.8) is 0 Å². The molecule has 2 heterocycles. The van der Waals surface area contributed by atoms with Crippen LogP contribution in [-0.4, -0.2) is 43.0 Å². The van der Waals surface area contributed by atoms with Crippen molar-refractivity contribution in [1.82, 2.24) is 16.0 Å². The van der Waals surface area contributed by atoms with Gasteiger partial charge >= 0.3 is 0 Å². The fraction of sp³-hybridized carbons (Fsp3) is 0.342. The second-order valence-electron chi connectivity index (χ2n) is 12.6. The fourth-order valence-corrected chi connectivity index (χ4v) is 5.99. The molecule has 1 atom stereocenters. The summed E-state index contributed by atoms with van der Waals surface area (Å²) in [5.74, 6) is 1.15. The molecule has 4 aromatic rings. The highest BCUT2D eigenvalue weighted by Crippen LogP contribution is 2.32. The molecule has 47 heavy (non-hydrogen) atoms. The number of nitrogens with zero attached hydrogens (tertiary/aromatic N) is 1. The summed E-state index contributed by atoms with van der Waals surface area (Å²) in [6.07, 6.45) is 3.21. The number of hydrogen-bond donors (Lipinski definition) is 3. The van der Waals surface area contributed by atoms with Crippen molar-refractivity contribution in [2.24, 2.45) is 0 Å². The van der Waals surface area contributed by atoms with E-state index < -0.39 is 11.6 Å². The molecule has 0 aliphatic carbocycles. The number of carbonyl (C=O) groups is 3. The van der Waals surface area contributed by atoms with Crippen LogP contribution < -0.4 is 25.6 Å². The molecule has 1 aliphatic rings. The van der Waals surface area contributed by atoms with Crippen molar-refractivity contribution < 1.29 is 23.5 Å². The van der Waals surface area contributed by atoms with Gasteiger partial charge in [0.1, 0.15) is 17.6 Å². The lowest BCUT2D eigenvalue weighted by atomic mass is 9.96. The molecule has 3 aromatic carbocycles. The summed E-state index contributed by atoms with van der Waals surface area (Å²) in [7, 11) is 1.63. The third kappa shape index (κ3) is 8.68. The zero-order chi connectivity index (χ0) is 33.4. The van der Waals surface area contributed by atoms with Crippen LogP contribution in [0, 0.1) is 0 Å². The first-order chi connectivity index (χ1) is 22.7. The van der Waals surface area contributed by atoms with E-state index in [1.807, 2.05) is 99.6 Å². The Hall–Kier alpha value is -4.89. The smallest absolute Gasteiger partial charge is 0.249 e. The number of nitrogens with one attached hydrogen (secondary N) is 3. The van der Waals surface area contributed by atoms with Gasteiger partial charge in [0, 0.05) is 24.2 Å². The normalized spacial score (nSPS) is 14.7. The number of ether oxygens (including phenoxy) is 1. The van der Waals surface area contributed by atoms with Gasteiger partial charge < -0.3 is 30.0 Å². The number of methoxy groups -OCH3 is 1. The third-order valence-electron chi connectivity index (χ3n) is 8.45. The molecule has 9 nitrogen and oxygen atoms in total. The lowest BCUT2D eigenvalue weighted by Gasteiger charge is -2.29. The van der Waals surface area contributed by atoms with Crippen LogP contribution in [0.5, 0.6) is 5.75 Å². The third-order valence-corrected chi connectivity index (χ3v) is 8.45. The highest BCUT2D eigenvalue weighted by molar-refractivity contribution is 6.00. The second-order valence-corrected chi connectivity index (χ2v) is 12.6. The highest BCUT2D eigenvalue weighted by atomic mass is 16.5. The van der Waals surface area contributed by atoms with Crippen molar-refractivity contribution in [3.8, 4) is 16.9 Å². The Kier molecular flexibility index (Phi) is 10.8. The Morgan fingerprint density at radius 3 is 2.51 bits per heavy atom. The van der Waals surface area contributed by atoms with Crippen LogP contribution in [0.2, 0.25) is 0 Å². The van der Waals surface area contributed by atoms with E-state index in [0.29, 0.717) is 38.9 Å². The fourth-order valence-electron chi connectivity index (χ4n) is 5.99. The van der Waals surface area contributed by atoms with E-state index in [4.69, 9.17) is 9.15 Å². The van der Waals surface area contributed by atoms with E-state index in [-0.39, 0.29) is 24.1 Å². The maximum atomic E-state index is 14.2. The number of furan rings is 1. The number of amides is 3. The largest absolute Gasteiger partial charge is 0.497 e. The van der Waals surface area contributed by atoms with Gasteiger partial charge in [-0.1, -0.05) is 48.5 Å². The molecule has 246 valence electrons. The summed E-state index contributed by atoms with van der Waals surface area (Å²) in [6, 6.07) is 24.8. The summed E-state index contributed by atoms with van der Waals surface area (Å²) >= 11 is 0. The van der Waals surface area contributed by atoms with E-state index in [9.17, 15) is 14.4 Å². The number of fused-ring (bicyclic) bond motifs is 1. The zero-order valence-electron chi connectivity index (χ0n) is 27.6. The SMILES string of the molecule is CCNC(=O)Cc1ccccc1-c1ccc(CN2C(=O)[C@H](NC(=O)CC(C)(C)NCc3ccco3)CCc3cc(OC)ccc32)cc1. The first-order valence-electron chi connectivity index (χ1n) is 16.1. The average molecular weight is 637 g/mol. The van der Waals surface area contributed by atoms with Crippen LogP contribution in [0.1, 0.15) is 56.1 Å². The summed E-state index contributed by atoms with van der Waals surface area (Å²) in [4.78, 5) is 41.5. The minimum atomic E-state index is -0.679. The number of benzene rings is 3. The predicted molar refractivity (Wildman–Crippen MR) is 183 cm³/mol. The minimum absolute atomic E-state index is 0.0121. The molecule has 3 amide bonds. The van der Waals surface area contributed by atoms with Crippen LogP contribution in [0.15, 0.2) is 89.5 Å². The van der Waals surface area contributed by atoms with Crippen LogP contribution in [0.4, 0.5) is 5.69 Å². The lowest BCUT2D eigenvalue weighted by Crippen LogP contribution is -2.50. The molecule has 0 fully saturated rings. The van der Waals surface area contributed by atoms with E-state index >= 15 is 0 Å². The maximum Gasteiger partial charge on any atom is 0.249 e. The molecule has 0 saturated heterocycles. The van der Waals surface area contributed by atoms with Crippen LogP contribution >= 0.6 is 0 Å². The average Bonchev–Trinajstić information content (AvgIpc) is 3.55. The van der Waals surface area contributed by atoms with Gasteiger partial charge in [-0.25, -0.2) is 0 Å². The van der Waals surface area contributed by atoms with Crippen LogP contribution in [-0.2, 0) is 40.3 Å². The topological polar surface area (TPSA) is 113 Å². The van der Waals surface area contributed by atoms with Crippen LogP contribution in [0.25, 0.3) is 11.1 Å². The Morgan fingerprint density at radius 1 is 1.00 bits per heavy atom. The molecule has 0 saturated carbocycles. The van der Waals surface area contributed by atoms with Gasteiger partial charge in [0.15, 0.2) is 0 Å². The number of carbonyl (C=O) groups excluding carboxylic acids is 3. The lowest BCUT2D eigenvalue weighted by molar-refractivity contribution is -0.128. The van der Waals surface area contributed by atoms with Crippen LogP contribution in [0.3, 0.4) is 0 Å². The quantitative estimate of drug-likeness (QED) is 0.177. The van der Waals surface area contributed by atoms with Gasteiger partial charge in [0.25, 0.3) is 0 Å². The molecule has 3 N–H and O–H groups in total. The Labute approximate surface area is 276 Å². The van der Waals surface area contributed by atoms with Gasteiger partial charge in [-0.2, -0.15) is 0 Å². The minimum Gasteiger partial charge on any atom is -0.497 e. The van der Waals surface area contributed by atoms with Gasteiger partial charge in [-0.15, -0.1) is 0 Å². The van der Waals surface area contributed by atoms with Crippen molar-refractivity contribution in [2.75, 3.05) is 18.6 Å². The number of anilines is 1. The van der Waals surface area contributed by atoms with Gasteiger partial charge in [-0.05, 0) is 91.8 Å². The van der Waals surface area contributed by atoms with Crippen molar-refractivity contribution >= 4 is 23.4 Å². The molecule has 0 spiro atoms. The molecule has 9 heteroatoms. The standard InChI is InChI=1S/C38H44N4O5/c1-5-39-35(43)22-28-9-6-7-11-32(28)27-14-12-26(13-15-27)25-42-34-19-17-30(46-4)21-29(34)16-18-33(37(42)45)41-36(44)23-38(2,3)40-24-31-10-8-20-47-31/h6-15,17,19-21,33,40H,5,16,18,22-25H2,1-4H3,(H,39,43)(H,41,44)/t33-/m1/s1.